The molecule has 0 aliphatic carbocycles. The maximum absolute atomic E-state index is 11.7. The molecule has 0 bridgehead atoms. The van der Waals surface area contributed by atoms with E-state index in [-0.39, 0.29) is 12.5 Å². The Labute approximate surface area is 112 Å². The number of methoxy groups -OCH3 is 1. The van der Waals surface area contributed by atoms with Crippen LogP contribution in [0.4, 0.5) is 5.69 Å². The van der Waals surface area contributed by atoms with Gasteiger partial charge in [-0.25, -0.2) is 0 Å². The molecule has 2 N–H and O–H groups in total. The van der Waals surface area contributed by atoms with Crippen molar-refractivity contribution < 1.29 is 9.53 Å². The van der Waals surface area contributed by atoms with E-state index in [2.05, 4.69) is 16.6 Å². The first-order valence-electron chi connectivity index (χ1n) is 5.68. The summed E-state index contributed by atoms with van der Waals surface area (Å²) in [5.41, 5.74) is 1.14. The topological polar surface area (TPSA) is 74.2 Å². The smallest absolute Gasteiger partial charge is 0.242 e. The molecule has 1 aromatic carbocycles. The lowest BCUT2D eigenvalue weighted by molar-refractivity contribution is -0.121. The Bertz CT molecular complexity index is 541. The summed E-state index contributed by atoms with van der Waals surface area (Å²) in [6.45, 7) is 1.90. The van der Waals surface area contributed by atoms with Crippen molar-refractivity contribution in [2.24, 2.45) is 0 Å². The Morgan fingerprint density at radius 2 is 2.32 bits per heavy atom. The molecule has 19 heavy (non-hydrogen) atoms. The lowest BCUT2D eigenvalue weighted by Crippen LogP contribution is -2.37. The number of rotatable bonds is 5. The number of hydrogen-bond acceptors (Lipinski definition) is 4. The van der Waals surface area contributed by atoms with Gasteiger partial charge in [-0.05, 0) is 19.1 Å². The second-order valence-corrected chi connectivity index (χ2v) is 3.81. The van der Waals surface area contributed by atoms with E-state index in [9.17, 15) is 4.79 Å². The van der Waals surface area contributed by atoms with Crippen LogP contribution >= 0.6 is 0 Å². The molecule has 0 heterocycles. The summed E-state index contributed by atoms with van der Waals surface area (Å²) in [7, 11) is 1.50. The molecule has 0 fully saturated rings. The van der Waals surface area contributed by atoms with Crippen LogP contribution in [0.2, 0.25) is 0 Å². The van der Waals surface area contributed by atoms with E-state index >= 15 is 0 Å². The number of carbonyl (C=O) groups excluding carboxylic acids is 1. The van der Waals surface area contributed by atoms with Gasteiger partial charge in [0.05, 0.1) is 31.0 Å². The molecule has 1 amide bonds. The summed E-state index contributed by atoms with van der Waals surface area (Å²) < 4.78 is 5.17. The van der Waals surface area contributed by atoms with Gasteiger partial charge in [0.2, 0.25) is 5.91 Å². The van der Waals surface area contributed by atoms with E-state index in [0.717, 1.165) is 0 Å². The molecule has 1 unspecified atom stereocenters. The predicted molar refractivity (Wildman–Crippen MR) is 72.6 cm³/mol. The maximum atomic E-state index is 11.7. The van der Waals surface area contributed by atoms with Crippen LogP contribution in [0.1, 0.15) is 12.5 Å². The summed E-state index contributed by atoms with van der Waals surface area (Å²) in [6, 6.07) is 6.51. The number of hydrogen-bond donors (Lipinski definition) is 2. The Balaban J connectivity index is 2.79. The predicted octanol–water partition coefficient (Wildman–Crippen LogP) is 1.12. The first-order valence-corrected chi connectivity index (χ1v) is 5.68. The van der Waals surface area contributed by atoms with Gasteiger partial charge in [0, 0.05) is 6.07 Å². The molecule has 1 atom stereocenters. The Kier molecular flexibility index (Phi) is 5.25. The number of nitrogens with one attached hydrogen (secondary N) is 2. The van der Waals surface area contributed by atoms with E-state index in [4.69, 9.17) is 16.4 Å². The van der Waals surface area contributed by atoms with Crippen LogP contribution in [0, 0.1) is 23.7 Å². The number of carbonyl (C=O) groups is 1. The third-order valence-electron chi connectivity index (χ3n) is 2.46. The van der Waals surface area contributed by atoms with Crippen LogP contribution in [0.15, 0.2) is 18.2 Å². The summed E-state index contributed by atoms with van der Waals surface area (Å²) in [5, 5.41) is 14.4. The third-order valence-corrected chi connectivity index (χ3v) is 2.46. The summed E-state index contributed by atoms with van der Waals surface area (Å²) in [5.74, 6) is 2.64. The Morgan fingerprint density at radius 3 is 2.89 bits per heavy atom. The van der Waals surface area contributed by atoms with Crippen molar-refractivity contribution in [1.29, 1.82) is 5.26 Å². The fourth-order valence-electron chi connectivity index (χ4n) is 1.47. The standard InChI is InChI=1S/C14H15N3O2/c1-4-7-16-14(18)10(2)17-12-6-5-11(9-15)8-13(12)19-3/h1,5-6,8,10,17H,7H2,2-3H3,(H,16,18). The van der Waals surface area contributed by atoms with Gasteiger partial charge in [0.25, 0.3) is 0 Å². The minimum atomic E-state index is -0.463. The molecule has 0 spiro atoms. The van der Waals surface area contributed by atoms with Crippen LogP contribution in [-0.2, 0) is 4.79 Å². The lowest BCUT2D eigenvalue weighted by atomic mass is 10.2. The largest absolute Gasteiger partial charge is 0.495 e. The highest BCUT2D eigenvalue weighted by Gasteiger charge is 2.14. The van der Waals surface area contributed by atoms with E-state index in [0.29, 0.717) is 17.0 Å². The molecule has 5 nitrogen and oxygen atoms in total. The second-order valence-electron chi connectivity index (χ2n) is 3.81. The normalized spacial score (nSPS) is 10.7. The highest BCUT2D eigenvalue weighted by molar-refractivity contribution is 5.85. The highest BCUT2D eigenvalue weighted by atomic mass is 16.5. The summed E-state index contributed by atoms with van der Waals surface area (Å²) in [6.07, 6.45) is 5.07. The van der Waals surface area contributed by atoms with E-state index in [1.165, 1.54) is 7.11 Å². The van der Waals surface area contributed by atoms with Crippen LogP contribution in [0.25, 0.3) is 0 Å². The number of nitriles is 1. The molecule has 0 aromatic heterocycles. The van der Waals surface area contributed by atoms with Gasteiger partial charge in [-0.2, -0.15) is 5.26 Å². The molecule has 0 aliphatic heterocycles. The minimum absolute atomic E-state index is 0.190. The molecule has 98 valence electrons. The number of terminal acetylenes is 1. The van der Waals surface area contributed by atoms with Crippen LogP contribution in [-0.4, -0.2) is 25.6 Å². The lowest BCUT2D eigenvalue weighted by Gasteiger charge is -2.16. The van der Waals surface area contributed by atoms with Gasteiger partial charge in [0.1, 0.15) is 11.8 Å². The quantitative estimate of drug-likeness (QED) is 0.775. The monoisotopic (exact) mass is 257 g/mol. The van der Waals surface area contributed by atoms with Gasteiger partial charge in [-0.3, -0.25) is 4.79 Å². The van der Waals surface area contributed by atoms with E-state index in [1.54, 1.807) is 25.1 Å². The number of amides is 1. The van der Waals surface area contributed by atoms with Crippen molar-refractivity contribution in [3.63, 3.8) is 0 Å². The molecule has 0 radical (unpaired) electrons. The minimum Gasteiger partial charge on any atom is -0.495 e. The molecule has 5 heteroatoms. The molecule has 0 aliphatic rings. The van der Waals surface area contributed by atoms with E-state index < -0.39 is 6.04 Å². The van der Waals surface area contributed by atoms with Gasteiger partial charge in [-0.1, -0.05) is 5.92 Å². The van der Waals surface area contributed by atoms with Crippen LogP contribution < -0.4 is 15.4 Å². The first kappa shape index (κ1) is 14.4. The fraction of sp³-hybridized carbons (Fsp3) is 0.286. The van der Waals surface area contributed by atoms with Crippen molar-refractivity contribution in [3.8, 4) is 24.2 Å². The van der Waals surface area contributed by atoms with Gasteiger partial charge < -0.3 is 15.4 Å². The summed E-state index contributed by atoms with van der Waals surface area (Å²) in [4.78, 5) is 11.7. The SMILES string of the molecule is C#CCNC(=O)C(C)Nc1ccc(C#N)cc1OC. The van der Waals surface area contributed by atoms with Crippen molar-refractivity contribution in [3.05, 3.63) is 23.8 Å². The second kappa shape index (κ2) is 6.93. The number of anilines is 1. The van der Waals surface area contributed by atoms with Crippen molar-refractivity contribution in [1.82, 2.24) is 5.32 Å². The van der Waals surface area contributed by atoms with Gasteiger partial charge in [0.15, 0.2) is 0 Å². The Morgan fingerprint density at radius 1 is 1.58 bits per heavy atom. The molecule has 1 rings (SSSR count). The number of benzene rings is 1. The Hall–Kier alpha value is -2.66. The molecular formula is C14H15N3O2. The zero-order valence-electron chi connectivity index (χ0n) is 10.9. The number of nitrogens with zero attached hydrogens (tertiary/aromatic N) is 1. The van der Waals surface area contributed by atoms with Crippen LogP contribution in [0.3, 0.4) is 0 Å². The molecule has 0 saturated carbocycles. The molecular weight excluding hydrogens is 242 g/mol. The van der Waals surface area contributed by atoms with E-state index in [1.807, 2.05) is 6.07 Å². The van der Waals surface area contributed by atoms with Crippen LogP contribution in [0.5, 0.6) is 5.75 Å². The fourth-order valence-corrected chi connectivity index (χ4v) is 1.47. The average molecular weight is 257 g/mol. The zero-order valence-corrected chi connectivity index (χ0v) is 10.9. The third kappa shape index (κ3) is 3.93. The van der Waals surface area contributed by atoms with Crippen molar-refractivity contribution >= 4 is 11.6 Å². The zero-order chi connectivity index (χ0) is 14.3. The number of ether oxygens (including phenoxy) is 1. The average Bonchev–Trinajstić information content (AvgIpc) is 2.44. The highest BCUT2D eigenvalue weighted by Crippen LogP contribution is 2.25. The van der Waals surface area contributed by atoms with Gasteiger partial charge >= 0.3 is 0 Å². The molecule has 0 saturated heterocycles. The summed E-state index contributed by atoms with van der Waals surface area (Å²) >= 11 is 0. The van der Waals surface area contributed by atoms with Crippen molar-refractivity contribution in [2.75, 3.05) is 19.0 Å². The van der Waals surface area contributed by atoms with Gasteiger partial charge in [-0.15, -0.1) is 6.42 Å². The molecule has 1 aromatic rings. The van der Waals surface area contributed by atoms with Crippen molar-refractivity contribution in [2.45, 2.75) is 13.0 Å². The maximum Gasteiger partial charge on any atom is 0.242 e. The first-order chi connectivity index (χ1) is 9.12.